The molecule has 0 aliphatic rings. The molecule has 6 heteroatoms. The van der Waals surface area contributed by atoms with Crippen molar-refractivity contribution in [3.05, 3.63) is 60.4 Å². The second kappa shape index (κ2) is 6.69. The summed E-state index contributed by atoms with van der Waals surface area (Å²) in [6, 6.07) is 8.01. The molecule has 0 aromatic heterocycles. The van der Waals surface area contributed by atoms with Crippen LogP contribution in [0.5, 0.6) is 0 Å². The summed E-state index contributed by atoms with van der Waals surface area (Å²) >= 11 is 20.2. The van der Waals surface area contributed by atoms with Crippen molar-refractivity contribution in [1.29, 1.82) is 0 Å². The molecule has 0 saturated heterocycles. The average Bonchev–Trinajstić information content (AvgIpc) is 2.38. The highest BCUT2D eigenvalue weighted by Gasteiger charge is 2.17. The van der Waals surface area contributed by atoms with Gasteiger partial charge in [-0.2, -0.15) is 0 Å². The number of rotatable bonds is 3. The van der Waals surface area contributed by atoms with Crippen molar-refractivity contribution in [3.8, 4) is 0 Å². The minimum Gasteiger partial charge on any atom is -0.378 e. The number of hydrogen-bond donors (Lipinski definition) is 1. The third-order valence-electron chi connectivity index (χ3n) is 2.82. The molecule has 0 fully saturated rings. The summed E-state index contributed by atoms with van der Waals surface area (Å²) in [5.74, 6) is -0.481. The Bertz CT molecular complexity index is 649. The van der Waals surface area contributed by atoms with E-state index in [9.17, 15) is 4.39 Å². The predicted octanol–water partition coefficient (Wildman–Crippen LogP) is 6.56. The van der Waals surface area contributed by atoms with E-state index in [2.05, 4.69) is 27.9 Å². The minimum atomic E-state index is -0.481. The van der Waals surface area contributed by atoms with Crippen molar-refractivity contribution in [2.24, 2.45) is 0 Å². The van der Waals surface area contributed by atoms with Crippen LogP contribution in [0.4, 0.5) is 10.1 Å². The highest BCUT2D eigenvalue weighted by molar-refractivity contribution is 14.1. The number of nitrogens with one attached hydrogen (secondary N) is 1. The van der Waals surface area contributed by atoms with Gasteiger partial charge in [-0.25, -0.2) is 4.39 Å². The number of benzene rings is 2. The van der Waals surface area contributed by atoms with Gasteiger partial charge in [-0.3, -0.25) is 0 Å². The predicted molar refractivity (Wildman–Crippen MR) is 92.6 cm³/mol. The summed E-state index contributed by atoms with van der Waals surface area (Å²) in [4.78, 5) is 0. The summed E-state index contributed by atoms with van der Waals surface area (Å²) in [5, 5.41) is 4.40. The van der Waals surface area contributed by atoms with Crippen molar-refractivity contribution >= 4 is 63.1 Å². The molecule has 2 aromatic carbocycles. The molecule has 0 radical (unpaired) electrons. The Hall–Kier alpha value is -0.230. The van der Waals surface area contributed by atoms with E-state index in [1.807, 2.05) is 19.1 Å². The standard InChI is InChI=1S/C14H10Cl3FIN/c1-7(13-9(16)3-4-10(18)14(13)17)20-12-5-2-8(15)6-11(12)19/h2-7,20H,1H3. The van der Waals surface area contributed by atoms with E-state index >= 15 is 0 Å². The van der Waals surface area contributed by atoms with Gasteiger partial charge in [0.2, 0.25) is 0 Å². The zero-order chi connectivity index (χ0) is 14.9. The fraction of sp³-hybridized carbons (Fsp3) is 0.143. The van der Waals surface area contributed by atoms with Crippen molar-refractivity contribution in [2.75, 3.05) is 5.32 Å². The zero-order valence-electron chi connectivity index (χ0n) is 10.4. The van der Waals surface area contributed by atoms with Gasteiger partial charge in [0.25, 0.3) is 0 Å². The summed E-state index contributed by atoms with van der Waals surface area (Å²) in [6.07, 6.45) is 0. The van der Waals surface area contributed by atoms with Gasteiger partial charge in [0.1, 0.15) is 5.82 Å². The fourth-order valence-corrected chi connectivity index (χ4v) is 3.58. The van der Waals surface area contributed by atoms with E-state index in [4.69, 9.17) is 34.8 Å². The lowest BCUT2D eigenvalue weighted by molar-refractivity contribution is 0.624. The molecule has 0 heterocycles. The SMILES string of the molecule is CC(Nc1ccc(Cl)cc1I)c1c(Cl)ccc(F)c1Cl. The molecule has 2 aromatic rings. The molecule has 106 valence electrons. The van der Waals surface area contributed by atoms with E-state index < -0.39 is 5.82 Å². The van der Waals surface area contributed by atoms with Crippen LogP contribution in [-0.4, -0.2) is 0 Å². The normalized spacial score (nSPS) is 12.3. The minimum absolute atomic E-state index is 0.0430. The van der Waals surface area contributed by atoms with Crippen LogP contribution in [-0.2, 0) is 0 Å². The van der Waals surface area contributed by atoms with Crippen LogP contribution in [0.2, 0.25) is 15.1 Å². The first-order chi connectivity index (χ1) is 9.40. The first-order valence-corrected chi connectivity index (χ1v) is 7.96. The van der Waals surface area contributed by atoms with E-state index in [0.29, 0.717) is 15.6 Å². The molecule has 0 saturated carbocycles. The van der Waals surface area contributed by atoms with Gasteiger partial charge in [-0.05, 0) is 59.8 Å². The van der Waals surface area contributed by atoms with Crippen LogP contribution in [0, 0.1) is 9.39 Å². The molecule has 1 nitrogen and oxygen atoms in total. The van der Waals surface area contributed by atoms with Crippen LogP contribution in [0.3, 0.4) is 0 Å². The fourth-order valence-electron chi connectivity index (χ4n) is 1.85. The maximum absolute atomic E-state index is 13.6. The van der Waals surface area contributed by atoms with Crippen LogP contribution >= 0.6 is 57.4 Å². The molecule has 0 aliphatic carbocycles. The van der Waals surface area contributed by atoms with E-state index in [0.717, 1.165) is 9.26 Å². The van der Waals surface area contributed by atoms with Crippen LogP contribution in [0.1, 0.15) is 18.5 Å². The second-order valence-electron chi connectivity index (χ2n) is 4.25. The first kappa shape index (κ1) is 16.1. The van der Waals surface area contributed by atoms with Crippen molar-refractivity contribution in [3.63, 3.8) is 0 Å². The van der Waals surface area contributed by atoms with Gasteiger partial charge < -0.3 is 5.32 Å². The van der Waals surface area contributed by atoms with Gasteiger partial charge in [-0.15, -0.1) is 0 Å². The van der Waals surface area contributed by atoms with E-state index in [1.165, 1.54) is 12.1 Å². The lowest BCUT2D eigenvalue weighted by Gasteiger charge is -2.19. The molecular formula is C14H10Cl3FIN. The number of halogens is 5. The Morgan fingerprint density at radius 2 is 1.85 bits per heavy atom. The molecule has 0 amide bonds. The molecule has 20 heavy (non-hydrogen) atoms. The quantitative estimate of drug-likeness (QED) is 0.417. The van der Waals surface area contributed by atoms with Crippen LogP contribution < -0.4 is 5.32 Å². The highest BCUT2D eigenvalue weighted by Crippen LogP contribution is 2.35. The van der Waals surface area contributed by atoms with Gasteiger partial charge in [0.05, 0.1) is 11.1 Å². The summed E-state index contributed by atoms with van der Waals surface area (Å²) in [6.45, 7) is 1.87. The van der Waals surface area contributed by atoms with Crippen LogP contribution in [0.25, 0.3) is 0 Å². The molecule has 2 rings (SSSR count). The molecular weight excluding hydrogens is 434 g/mol. The third kappa shape index (κ3) is 3.50. The lowest BCUT2D eigenvalue weighted by atomic mass is 10.1. The Morgan fingerprint density at radius 1 is 1.15 bits per heavy atom. The molecule has 0 aliphatic heterocycles. The Labute approximate surface area is 145 Å². The number of hydrogen-bond acceptors (Lipinski definition) is 1. The molecule has 1 unspecified atom stereocenters. The summed E-state index contributed by atoms with van der Waals surface area (Å²) < 4.78 is 14.5. The highest BCUT2D eigenvalue weighted by atomic mass is 127. The molecule has 1 atom stereocenters. The Kier molecular flexibility index (Phi) is 5.40. The molecule has 0 bridgehead atoms. The van der Waals surface area contributed by atoms with E-state index in [1.54, 1.807) is 6.07 Å². The largest absolute Gasteiger partial charge is 0.378 e. The van der Waals surface area contributed by atoms with Crippen molar-refractivity contribution in [2.45, 2.75) is 13.0 Å². The maximum atomic E-state index is 13.6. The van der Waals surface area contributed by atoms with Gasteiger partial charge in [0, 0.05) is 24.9 Å². The lowest BCUT2D eigenvalue weighted by Crippen LogP contribution is -2.09. The smallest absolute Gasteiger partial charge is 0.142 e. The van der Waals surface area contributed by atoms with Crippen LogP contribution in [0.15, 0.2) is 30.3 Å². The number of anilines is 1. The Morgan fingerprint density at radius 3 is 2.50 bits per heavy atom. The topological polar surface area (TPSA) is 12.0 Å². The maximum Gasteiger partial charge on any atom is 0.142 e. The van der Waals surface area contributed by atoms with Crippen molar-refractivity contribution < 1.29 is 4.39 Å². The van der Waals surface area contributed by atoms with Gasteiger partial charge >= 0.3 is 0 Å². The zero-order valence-corrected chi connectivity index (χ0v) is 14.8. The van der Waals surface area contributed by atoms with Gasteiger partial charge in [-0.1, -0.05) is 34.8 Å². The van der Waals surface area contributed by atoms with E-state index in [-0.39, 0.29) is 11.1 Å². The van der Waals surface area contributed by atoms with Crippen molar-refractivity contribution in [1.82, 2.24) is 0 Å². The second-order valence-corrected chi connectivity index (χ2v) is 6.63. The molecule has 0 spiro atoms. The summed E-state index contributed by atoms with van der Waals surface area (Å²) in [7, 11) is 0. The monoisotopic (exact) mass is 443 g/mol. The summed E-state index contributed by atoms with van der Waals surface area (Å²) in [5.41, 5.74) is 1.43. The first-order valence-electron chi connectivity index (χ1n) is 5.75. The van der Waals surface area contributed by atoms with Gasteiger partial charge in [0.15, 0.2) is 0 Å². The third-order valence-corrected chi connectivity index (χ3v) is 4.66. The Balaban J connectivity index is 2.33. The average molecular weight is 445 g/mol. The molecule has 1 N–H and O–H groups in total.